The van der Waals surface area contributed by atoms with Crippen LogP contribution in [0.4, 0.5) is 0 Å². The molecule has 0 heterocycles. The van der Waals surface area contributed by atoms with E-state index in [0.29, 0.717) is 0 Å². The number of rotatable bonds is 13. The van der Waals surface area contributed by atoms with E-state index in [1.807, 2.05) is 0 Å². The largest absolute Gasteiger partial charge is 0.550 e. The molecule has 0 fully saturated rings. The summed E-state index contributed by atoms with van der Waals surface area (Å²) >= 11 is 0. The van der Waals surface area contributed by atoms with Crippen molar-refractivity contribution in [2.24, 2.45) is 0 Å². The fourth-order valence-corrected chi connectivity index (χ4v) is 3.88. The third-order valence-electron chi connectivity index (χ3n) is 5.52. The smallest absolute Gasteiger partial charge is 0.333 e. The second-order valence-corrected chi connectivity index (χ2v) is 7.06. The number of carboxylic acids is 2. The summed E-state index contributed by atoms with van der Waals surface area (Å²) in [5.41, 5.74) is -2.54. The van der Waals surface area contributed by atoms with Gasteiger partial charge in [0.15, 0.2) is 18.8 Å². The van der Waals surface area contributed by atoms with Crippen LogP contribution in [0.5, 0.6) is 0 Å². The van der Waals surface area contributed by atoms with E-state index in [2.05, 4.69) is 0 Å². The first kappa shape index (κ1) is 27.1. The maximum Gasteiger partial charge on any atom is 0.333 e. The maximum atomic E-state index is 12.9. The highest BCUT2D eigenvalue weighted by atomic mass is 16.4. The molecule has 0 radical (unpaired) electrons. The van der Waals surface area contributed by atoms with E-state index in [4.69, 9.17) is 10.5 Å². The van der Waals surface area contributed by atoms with Gasteiger partial charge in [-0.15, -0.1) is 0 Å². The van der Waals surface area contributed by atoms with Crippen LogP contribution >= 0.6 is 0 Å². The van der Waals surface area contributed by atoms with Crippen LogP contribution in [0.3, 0.4) is 0 Å². The molecule has 0 aromatic heterocycles. The molecule has 2 amide bonds. The topological polar surface area (TPSA) is 202 Å². The van der Waals surface area contributed by atoms with Crippen LogP contribution < -0.4 is 10.2 Å². The van der Waals surface area contributed by atoms with Crippen molar-refractivity contribution in [3.8, 4) is 12.1 Å². The molecule has 0 bridgehead atoms. The summed E-state index contributed by atoms with van der Waals surface area (Å²) in [6, 6.07) is 3.19. The number of carbonyl (C=O) groups excluding carboxylic acids is 4. The Morgan fingerprint density at radius 3 is 1.57 bits per heavy atom. The number of nitriles is 2. The summed E-state index contributed by atoms with van der Waals surface area (Å²) in [4.78, 5) is 49.3. The van der Waals surface area contributed by atoms with Gasteiger partial charge in [-0.25, -0.2) is 18.6 Å². The standard InChI is InChI=1S/C18H26N4O8/c1-21(10-12-23,14(25)5-8-19)18(17(29)30,7-3-4-16(27)28)22(2,11-13-24)15(26)6-9-20/h23-24H,3-7,10-13H2,1-2H3. The number of hydrogen-bond acceptors (Lipinski definition) is 10. The summed E-state index contributed by atoms with van der Waals surface area (Å²) in [5, 5.41) is 60.6. The number of hydrogen-bond donors (Lipinski definition) is 2. The zero-order chi connectivity index (χ0) is 23.6. The molecule has 0 aliphatic carbocycles. The molecule has 0 rings (SSSR count). The van der Waals surface area contributed by atoms with Crippen LogP contribution in [0, 0.1) is 22.7 Å². The number of quaternary nitrogens is 2. The number of likely N-dealkylation sites (N-methyl/N-ethyl adjacent to an activating group) is 2. The van der Waals surface area contributed by atoms with Gasteiger partial charge in [-0.1, -0.05) is 0 Å². The Morgan fingerprint density at radius 2 is 1.30 bits per heavy atom. The van der Waals surface area contributed by atoms with Gasteiger partial charge in [0.05, 0.1) is 45.9 Å². The van der Waals surface area contributed by atoms with E-state index in [1.165, 1.54) is 0 Å². The van der Waals surface area contributed by atoms with Gasteiger partial charge >= 0.3 is 11.8 Å². The lowest BCUT2D eigenvalue weighted by Crippen LogP contribution is -2.85. The monoisotopic (exact) mass is 426 g/mol. The highest BCUT2D eigenvalue weighted by Gasteiger charge is 2.67. The van der Waals surface area contributed by atoms with Gasteiger partial charge in [0, 0.05) is 5.97 Å². The average Bonchev–Trinajstić information content (AvgIpc) is 2.65. The Hall–Kier alpha value is -2.90. The molecule has 0 saturated carbocycles. The highest BCUT2D eigenvalue weighted by Crippen LogP contribution is 2.39. The first-order chi connectivity index (χ1) is 13.9. The van der Waals surface area contributed by atoms with Crippen molar-refractivity contribution in [3.63, 3.8) is 0 Å². The van der Waals surface area contributed by atoms with E-state index >= 15 is 0 Å². The van der Waals surface area contributed by atoms with E-state index < -0.39 is 90.4 Å². The number of nitrogens with zero attached hydrogens (tertiary/aromatic N) is 4. The fourth-order valence-electron chi connectivity index (χ4n) is 3.88. The predicted molar refractivity (Wildman–Crippen MR) is 93.3 cm³/mol. The zero-order valence-corrected chi connectivity index (χ0v) is 17.0. The Balaban J connectivity index is 7.16. The molecule has 0 aliphatic heterocycles. The molecule has 0 aliphatic rings. The Morgan fingerprint density at radius 1 is 0.900 bits per heavy atom. The molecular formula is C18H26N4O8. The molecule has 0 aromatic rings. The number of carbonyl (C=O) groups is 4. The molecule has 2 atom stereocenters. The minimum atomic E-state index is -2.54. The molecule has 0 aromatic carbocycles. The van der Waals surface area contributed by atoms with Gasteiger partial charge in [-0.2, -0.15) is 10.5 Å². The van der Waals surface area contributed by atoms with Gasteiger partial charge in [-0.05, 0) is 12.8 Å². The number of aliphatic hydroxyl groups is 2. The molecule has 0 saturated heterocycles. The number of aliphatic carboxylic acids is 2. The summed E-state index contributed by atoms with van der Waals surface area (Å²) in [7, 11) is 2.19. The van der Waals surface area contributed by atoms with Gasteiger partial charge in [0.1, 0.15) is 13.1 Å². The van der Waals surface area contributed by atoms with Gasteiger partial charge in [-0.3, -0.25) is 0 Å². The molecule has 12 heteroatoms. The van der Waals surface area contributed by atoms with Crippen molar-refractivity contribution in [2.45, 2.75) is 37.8 Å². The van der Waals surface area contributed by atoms with E-state index in [0.717, 1.165) is 14.1 Å². The van der Waals surface area contributed by atoms with Crippen molar-refractivity contribution in [1.82, 2.24) is 0 Å². The minimum Gasteiger partial charge on any atom is -0.550 e. The fraction of sp³-hybridized carbons (Fsp3) is 0.667. The second-order valence-electron chi connectivity index (χ2n) is 7.06. The lowest BCUT2D eigenvalue weighted by atomic mass is 9.90. The molecule has 0 spiro atoms. The van der Waals surface area contributed by atoms with Crippen molar-refractivity contribution in [2.75, 3.05) is 40.4 Å². The van der Waals surface area contributed by atoms with E-state index in [9.17, 15) is 39.6 Å². The normalized spacial score (nSPS) is 16.7. The van der Waals surface area contributed by atoms with E-state index in [-0.39, 0.29) is 6.42 Å². The predicted octanol–water partition coefficient (Wildman–Crippen LogP) is -3.89. The Kier molecular flexibility index (Phi) is 10.2. The van der Waals surface area contributed by atoms with Gasteiger partial charge in [0.25, 0.3) is 5.66 Å². The van der Waals surface area contributed by atoms with Crippen molar-refractivity contribution < 1.29 is 48.6 Å². The van der Waals surface area contributed by atoms with E-state index in [1.54, 1.807) is 12.1 Å². The molecular weight excluding hydrogens is 400 g/mol. The minimum absolute atomic E-state index is 0.353. The van der Waals surface area contributed by atoms with Crippen molar-refractivity contribution in [1.29, 1.82) is 10.5 Å². The molecule has 2 N–H and O–H groups in total. The lowest BCUT2D eigenvalue weighted by Gasteiger charge is -2.55. The summed E-state index contributed by atoms with van der Waals surface area (Å²) in [6.07, 6.45) is -3.10. The first-order valence-electron chi connectivity index (χ1n) is 9.10. The third-order valence-corrected chi connectivity index (χ3v) is 5.52. The average molecular weight is 426 g/mol. The summed E-state index contributed by atoms with van der Waals surface area (Å²) < 4.78 is -2.36. The maximum absolute atomic E-state index is 12.9. The molecule has 12 nitrogen and oxygen atoms in total. The van der Waals surface area contributed by atoms with Gasteiger partial charge in [0.2, 0.25) is 0 Å². The summed E-state index contributed by atoms with van der Waals surface area (Å²) in [6.45, 7) is -2.51. The number of carboxylic acid groups (broad SMARTS) is 2. The van der Waals surface area contributed by atoms with Crippen LogP contribution in [-0.2, 0) is 19.2 Å². The molecule has 166 valence electrons. The first-order valence-corrected chi connectivity index (χ1v) is 9.10. The summed E-state index contributed by atoms with van der Waals surface area (Å²) in [5.74, 6) is -5.35. The van der Waals surface area contributed by atoms with Gasteiger partial charge < -0.3 is 30.0 Å². The third kappa shape index (κ3) is 4.98. The number of aliphatic hydroxyl groups excluding tert-OH is 2. The zero-order valence-electron chi connectivity index (χ0n) is 17.0. The SMILES string of the molecule is C[N+](CCO)(C(=O)CC#N)C(CCCC(=O)[O-])(C(=O)[O-])[N+](C)(CCO)C(=O)CC#N. The Labute approximate surface area is 173 Å². The van der Waals surface area contributed by atoms with Crippen LogP contribution in [0.2, 0.25) is 0 Å². The van der Waals surface area contributed by atoms with Crippen LogP contribution in [-0.4, -0.2) is 89.0 Å². The molecule has 30 heavy (non-hydrogen) atoms. The Bertz CT molecular complexity index is 712. The van der Waals surface area contributed by atoms with Crippen molar-refractivity contribution >= 4 is 23.8 Å². The molecule has 2 unspecified atom stereocenters. The highest BCUT2D eigenvalue weighted by molar-refractivity contribution is 5.83. The lowest BCUT2D eigenvalue weighted by molar-refractivity contribution is -1.08. The second kappa shape index (κ2) is 11.3. The van der Waals surface area contributed by atoms with Crippen molar-refractivity contribution in [3.05, 3.63) is 0 Å². The number of amides is 2. The van der Waals surface area contributed by atoms with Crippen LogP contribution in [0.25, 0.3) is 0 Å². The van der Waals surface area contributed by atoms with Crippen LogP contribution in [0.1, 0.15) is 32.1 Å². The quantitative estimate of drug-likeness (QED) is 0.216. The van der Waals surface area contributed by atoms with Crippen LogP contribution in [0.15, 0.2) is 0 Å².